The topological polar surface area (TPSA) is 44.9 Å². The summed E-state index contributed by atoms with van der Waals surface area (Å²) in [6, 6.07) is 8.02. The molecule has 1 aromatic heterocycles. The molecule has 0 unspecified atom stereocenters. The van der Waals surface area contributed by atoms with Crippen LogP contribution >= 0.6 is 0 Å². The van der Waals surface area contributed by atoms with Crippen LogP contribution in [0.15, 0.2) is 30.5 Å². The Morgan fingerprint density at radius 1 is 1.39 bits per heavy atom. The second-order valence-electron chi connectivity index (χ2n) is 4.83. The first-order valence-electron chi connectivity index (χ1n) is 6.21. The molecule has 0 radical (unpaired) electrons. The molecular formula is C14H15FN2O. The summed E-state index contributed by atoms with van der Waals surface area (Å²) in [4.78, 5) is 14.6. The predicted molar refractivity (Wildman–Crippen MR) is 68.1 cm³/mol. The van der Waals surface area contributed by atoms with Crippen molar-refractivity contribution in [3.8, 4) is 0 Å². The quantitative estimate of drug-likeness (QED) is 0.854. The number of para-hydroxylation sites is 1. The van der Waals surface area contributed by atoms with E-state index >= 15 is 0 Å². The molecule has 1 aromatic carbocycles. The average Bonchev–Trinajstić information content (AvgIpc) is 3.01. The Kier molecular flexibility index (Phi) is 2.58. The Balaban J connectivity index is 1.61. The van der Waals surface area contributed by atoms with Crippen LogP contribution in [0.25, 0.3) is 10.9 Å². The lowest BCUT2D eigenvalue weighted by atomic mass is 10.1. The number of aromatic nitrogens is 1. The molecule has 1 aliphatic rings. The van der Waals surface area contributed by atoms with Crippen LogP contribution < -0.4 is 5.32 Å². The van der Waals surface area contributed by atoms with Crippen molar-refractivity contribution in [2.75, 3.05) is 6.54 Å². The number of alkyl halides is 1. The van der Waals surface area contributed by atoms with E-state index in [0.29, 0.717) is 25.8 Å². The molecule has 4 heteroatoms. The van der Waals surface area contributed by atoms with Crippen LogP contribution in [0.4, 0.5) is 4.39 Å². The Bertz CT molecular complexity index is 586. The van der Waals surface area contributed by atoms with Gasteiger partial charge in [-0.3, -0.25) is 4.79 Å². The highest BCUT2D eigenvalue weighted by Gasteiger charge is 2.50. The fraction of sp³-hybridized carbons (Fsp3) is 0.357. The van der Waals surface area contributed by atoms with Crippen molar-refractivity contribution < 1.29 is 9.18 Å². The minimum Gasteiger partial charge on any atom is -0.361 e. The zero-order valence-corrected chi connectivity index (χ0v) is 10.0. The number of amides is 1. The molecule has 3 rings (SSSR count). The van der Waals surface area contributed by atoms with Crippen molar-refractivity contribution >= 4 is 16.8 Å². The lowest BCUT2D eigenvalue weighted by Crippen LogP contribution is -2.34. The van der Waals surface area contributed by atoms with Gasteiger partial charge < -0.3 is 10.3 Å². The molecule has 3 nitrogen and oxygen atoms in total. The number of H-pyrrole nitrogens is 1. The van der Waals surface area contributed by atoms with Crippen molar-refractivity contribution in [1.29, 1.82) is 0 Å². The SMILES string of the molecule is O=C(NCCc1c[nH]c2ccccc12)C1(F)CC1. The van der Waals surface area contributed by atoms with Gasteiger partial charge in [0.25, 0.3) is 5.91 Å². The van der Waals surface area contributed by atoms with Crippen LogP contribution in [0.3, 0.4) is 0 Å². The van der Waals surface area contributed by atoms with E-state index in [9.17, 15) is 9.18 Å². The van der Waals surface area contributed by atoms with Crippen LogP contribution in [-0.4, -0.2) is 23.1 Å². The summed E-state index contributed by atoms with van der Waals surface area (Å²) in [5.74, 6) is -0.456. The van der Waals surface area contributed by atoms with Crippen molar-refractivity contribution in [1.82, 2.24) is 10.3 Å². The van der Waals surface area contributed by atoms with Crippen molar-refractivity contribution in [2.45, 2.75) is 24.9 Å². The number of fused-ring (bicyclic) bond motifs is 1. The standard InChI is InChI=1S/C14H15FN2O/c15-14(6-7-14)13(18)16-8-5-10-9-17-12-4-2-1-3-11(10)12/h1-4,9,17H,5-8H2,(H,16,18). The van der Waals surface area contributed by atoms with Gasteiger partial charge in [-0.1, -0.05) is 18.2 Å². The van der Waals surface area contributed by atoms with Gasteiger partial charge in [-0.2, -0.15) is 0 Å². The molecule has 2 aromatic rings. The summed E-state index contributed by atoms with van der Waals surface area (Å²) >= 11 is 0. The number of aromatic amines is 1. The molecule has 1 fully saturated rings. The first kappa shape index (κ1) is 11.3. The number of carbonyl (C=O) groups is 1. The lowest BCUT2D eigenvalue weighted by Gasteiger charge is -2.06. The molecule has 18 heavy (non-hydrogen) atoms. The predicted octanol–water partition coefficient (Wildman–Crippen LogP) is 2.33. The second kappa shape index (κ2) is 4.12. The molecule has 0 aliphatic heterocycles. The highest BCUT2D eigenvalue weighted by atomic mass is 19.1. The van der Waals surface area contributed by atoms with Gasteiger partial charge in [0, 0.05) is 23.6 Å². The van der Waals surface area contributed by atoms with Crippen molar-refractivity contribution in [2.24, 2.45) is 0 Å². The van der Waals surface area contributed by atoms with E-state index in [4.69, 9.17) is 0 Å². The van der Waals surface area contributed by atoms with Crippen LogP contribution in [0, 0.1) is 0 Å². The van der Waals surface area contributed by atoms with Gasteiger partial charge in [0.15, 0.2) is 5.67 Å². The summed E-state index contributed by atoms with van der Waals surface area (Å²) in [6.45, 7) is 0.479. The Hall–Kier alpha value is -1.84. The lowest BCUT2D eigenvalue weighted by molar-refractivity contribution is -0.127. The van der Waals surface area contributed by atoms with Gasteiger partial charge in [-0.05, 0) is 30.9 Å². The number of benzene rings is 1. The van der Waals surface area contributed by atoms with Gasteiger partial charge >= 0.3 is 0 Å². The molecule has 0 atom stereocenters. The van der Waals surface area contributed by atoms with E-state index in [1.807, 2.05) is 30.5 Å². The van der Waals surface area contributed by atoms with Gasteiger partial charge in [-0.15, -0.1) is 0 Å². The third-order valence-electron chi connectivity index (χ3n) is 3.45. The molecule has 0 spiro atoms. The maximum atomic E-state index is 13.4. The Morgan fingerprint density at radius 2 is 2.17 bits per heavy atom. The highest BCUT2D eigenvalue weighted by molar-refractivity contribution is 5.88. The molecule has 1 heterocycles. The molecular weight excluding hydrogens is 231 g/mol. The molecule has 1 amide bonds. The van der Waals surface area contributed by atoms with E-state index in [-0.39, 0.29) is 0 Å². The number of rotatable bonds is 4. The van der Waals surface area contributed by atoms with Crippen molar-refractivity contribution in [3.05, 3.63) is 36.0 Å². The average molecular weight is 246 g/mol. The normalized spacial score (nSPS) is 16.7. The van der Waals surface area contributed by atoms with E-state index in [0.717, 1.165) is 16.5 Å². The minimum atomic E-state index is -1.57. The first-order valence-corrected chi connectivity index (χ1v) is 6.21. The number of hydrogen-bond donors (Lipinski definition) is 2. The number of carbonyl (C=O) groups excluding carboxylic acids is 1. The van der Waals surface area contributed by atoms with Gasteiger partial charge in [0.2, 0.25) is 0 Å². The van der Waals surface area contributed by atoms with Gasteiger partial charge in [0.1, 0.15) is 0 Å². The summed E-state index contributed by atoms with van der Waals surface area (Å²) in [5, 5.41) is 3.82. The smallest absolute Gasteiger partial charge is 0.257 e. The summed E-state index contributed by atoms with van der Waals surface area (Å²) in [5.41, 5.74) is 0.665. The third kappa shape index (κ3) is 1.98. The number of nitrogens with one attached hydrogen (secondary N) is 2. The summed E-state index contributed by atoms with van der Waals surface area (Å²) < 4.78 is 13.4. The van der Waals surface area contributed by atoms with E-state index < -0.39 is 11.6 Å². The van der Waals surface area contributed by atoms with E-state index in [1.165, 1.54) is 0 Å². The Morgan fingerprint density at radius 3 is 2.94 bits per heavy atom. The minimum absolute atomic E-state index is 0.367. The monoisotopic (exact) mass is 246 g/mol. The number of hydrogen-bond acceptors (Lipinski definition) is 1. The molecule has 1 saturated carbocycles. The van der Waals surface area contributed by atoms with Gasteiger partial charge in [-0.25, -0.2) is 4.39 Å². The molecule has 0 saturated heterocycles. The zero-order chi connectivity index (χ0) is 12.6. The van der Waals surface area contributed by atoms with E-state index in [1.54, 1.807) is 0 Å². The molecule has 2 N–H and O–H groups in total. The zero-order valence-electron chi connectivity index (χ0n) is 10.0. The van der Waals surface area contributed by atoms with E-state index in [2.05, 4.69) is 10.3 Å². The molecule has 94 valence electrons. The maximum Gasteiger partial charge on any atom is 0.257 e. The van der Waals surface area contributed by atoms with Crippen LogP contribution in [0.1, 0.15) is 18.4 Å². The fourth-order valence-corrected chi connectivity index (χ4v) is 2.14. The summed E-state index contributed by atoms with van der Waals surface area (Å²) in [6.07, 6.45) is 3.39. The van der Waals surface area contributed by atoms with Crippen LogP contribution in [0.5, 0.6) is 0 Å². The van der Waals surface area contributed by atoms with Crippen LogP contribution in [0.2, 0.25) is 0 Å². The second-order valence-corrected chi connectivity index (χ2v) is 4.83. The first-order chi connectivity index (χ1) is 8.69. The van der Waals surface area contributed by atoms with Crippen molar-refractivity contribution in [3.63, 3.8) is 0 Å². The molecule has 0 bridgehead atoms. The Labute approximate surface area is 104 Å². The highest BCUT2D eigenvalue weighted by Crippen LogP contribution is 2.39. The largest absolute Gasteiger partial charge is 0.361 e. The maximum absolute atomic E-state index is 13.4. The summed E-state index contributed by atoms with van der Waals surface area (Å²) in [7, 11) is 0. The fourth-order valence-electron chi connectivity index (χ4n) is 2.14. The van der Waals surface area contributed by atoms with Gasteiger partial charge in [0.05, 0.1) is 0 Å². The third-order valence-corrected chi connectivity index (χ3v) is 3.45. The molecule has 1 aliphatic carbocycles. The number of halogens is 1. The van der Waals surface area contributed by atoms with Crippen LogP contribution in [-0.2, 0) is 11.2 Å².